The van der Waals surface area contributed by atoms with Gasteiger partial charge in [-0.15, -0.1) is 0 Å². The van der Waals surface area contributed by atoms with Crippen LogP contribution >= 0.6 is 15.9 Å². The molecular formula is C14H11BrN2O3. The predicted octanol–water partition coefficient (Wildman–Crippen LogP) is 2.72. The number of pyridine rings is 1. The van der Waals surface area contributed by atoms with Gasteiger partial charge in [-0.3, -0.25) is 9.59 Å². The van der Waals surface area contributed by atoms with Crippen molar-refractivity contribution >= 4 is 33.5 Å². The van der Waals surface area contributed by atoms with Gasteiger partial charge in [-0.25, -0.2) is 4.98 Å². The zero-order chi connectivity index (χ0) is 14.5. The normalized spacial score (nSPS) is 10.1. The maximum Gasteiger partial charge on any atom is 0.307 e. The third kappa shape index (κ3) is 3.89. The summed E-state index contributed by atoms with van der Waals surface area (Å²) in [6.45, 7) is 0. The molecule has 0 atom stereocenters. The van der Waals surface area contributed by atoms with Crippen LogP contribution in [0.2, 0.25) is 0 Å². The van der Waals surface area contributed by atoms with E-state index in [9.17, 15) is 9.59 Å². The van der Waals surface area contributed by atoms with Crippen LogP contribution in [0.4, 0.5) is 5.69 Å². The van der Waals surface area contributed by atoms with Gasteiger partial charge in [0, 0.05) is 17.4 Å². The summed E-state index contributed by atoms with van der Waals surface area (Å²) in [5.74, 6) is -1.14. The van der Waals surface area contributed by atoms with E-state index in [0.29, 0.717) is 21.4 Å². The number of amides is 1. The number of nitrogens with one attached hydrogen (secondary N) is 1. The zero-order valence-corrected chi connectivity index (χ0v) is 11.9. The van der Waals surface area contributed by atoms with E-state index >= 15 is 0 Å². The monoisotopic (exact) mass is 334 g/mol. The number of benzene rings is 1. The van der Waals surface area contributed by atoms with Crippen LogP contribution < -0.4 is 5.32 Å². The summed E-state index contributed by atoms with van der Waals surface area (Å²) in [5, 5.41) is 11.4. The highest BCUT2D eigenvalue weighted by molar-refractivity contribution is 9.10. The highest BCUT2D eigenvalue weighted by Gasteiger charge is 2.07. The van der Waals surface area contributed by atoms with Crippen molar-refractivity contribution in [2.24, 2.45) is 0 Å². The minimum atomic E-state index is -0.886. The van der Waals surface area contributed by atoms with Crippen molar-refractivity contribution in [1.82, 2.24) is 4.98 Å². The van der Waals surface area contributed by atoms with E-state index in [1.165, 1.54) is 6.20 Å². The van der Waals surface area contributed by atoms with E-state index in [1.54, 1.807) is 36.4 Å². The first-order chi connectivity index (χ1) is 9.54. The lowest BCUT2D eigenvalue weighted by molar-refractivity contribution is -0.136. The summed E-state index contributed by atoms with van der Waals surface area (Å²) in [5.41, 5.74) is 1.78. The fourth-order valence-electron chi connectivity index (χ4n) is 1.63. The predicted molar refractivity (Wildman–Crippen MR) is 77.7 cm³/mol. The molecule has 0 spiro atoms. The number of halogens is 1. The highest BCUT2D eigenvalue weighted by Crippen LogP contribution is 2.13. The number of aliphatic carboxylic acids is 1. The van der Waals surface area contributed by atoms with Crippen LogP contribution in [0.5, 0.6) is 0 Å². The van der Waals surface area contributed by atoms with E-state index in [1.807, 2.05) is 0 Å². The number of carbonyl (C=O) groups is 2. The third-order valence-corrected chi connectivity index (χ3v) is 2.99. The Hall–Kier alpha value is -2.21. The number of carboxylic acids is 1. The Labute approximate surface area is 123 Å². The standard InChI is InChI=1S/C14H11BrN2O3/c15-12-8-10(5-6-16-12)14(20)17-11-3-1-9(2-4-11)7-13(18)19/h1-6,8H,7H2,(H,17,20)(H,18,19). The molecular weight excluding hydrogens is 324 g/mol. The lowest BCUT2D eigenvalue weighted by Gasteiger charge is -2.06. The first-order valence-electron chi connectivity index (χ1n) is 5.78. The Morgan fingerprint density at radius 2 is 1.90 bits per heavy atom. The fourth-order valence-corrected chi connectivity index (χ4v) is 1.99. The SMILES string of the molecule is O=C(O)Cc1ccc(NC(=O)c2ccnc(Br)c2)cc1. The second kappa shape index (κ2) is 6.29. The van der Waals surface area contributed by atoms with Gasteiger partial charge in [-0.05, 0) is 45.8 Å². The first kappa shape index (κ1) is 14.2. The number of anilines is 1. The Kier molecular flexibility index (Phi) is 4.47. The van der Waals surface area contributed by atoms with Gasteiger partial charge in [0.25, 0.3) is 5.91 Å². The van der Waals surface area contributed by atoms with E-state index < -0.39 is 5.97 Å². The molecule has 0 aliphatic heterocycles. The Bertz CT molecular complexity index is 641. The molecule has 0 unspecified atom stereocenters. The van der Waals surface area contributed by atoms with Gasteiger partial charge in [0.15, 0.2) is 0 Å². The van der Waals surface area contributed by atoms with Crippen molar-refractivity contribution in [2.45, 2.75) is 6.42 Å². The topological polar surface area (TPSA) is 79.3 Å². The third-order valence-electron chi connectivity index (χ3n) is 2.56. The van der Waals surface area contributed by atoms with Crippen molar-refractivity contribution in [3.05, 3.63) is 58.3 Å². The van der Waals surface area contributed by atoms with Crippen LogP contribution in [0.1, 0.15) is 15.9 Å². The number of carboxylic acid groups (broad SMARTS) is 1. The molecule has 0 saturated heterocycles. The first-order valence-corrected chi connectivity index (χ1v) is 6.57. The lowest BCUT2D eigenvalue weighted by atomic mass is 10.1. The van der Waals surface area contributed by atoms with E-state index in [-0.39, 0.29) is 12.3 Å². The van der Waals surface area contributed by atoms with Gasteiger partial charge in [-0.1, -0.05) is 12.1 Å². The number of carbonyl (C=O) groups excluding carboxylic acids is 1. The maximum absolute atomic E-state index is 12.0. The summed E-state index contributed by atoms with van der Waals surface area (Å²) in [7, 11) is 0. The van der Waals surface area contributed by atoms with Crippen molar-refractivity contribution in [2.75, 3.05) is 5.32 Å². The molecule has 102 valence electrons. The van der Waals surface area contributed by atoms with E-state index in [0.717, 1.165) is 0 Å². The van der Waals surface area contributed by atoms with Crippen molar-refractivity contribution in [1.29, 1.82) is 0 Å². The van der Waals surface area contributed by atoms with Gasteiger partial charge in [0.1, 0.15) is 4.60 Å². The number of aromatic nitrogens is 1. The highest BCUT2D eigenvalue weighted by atomic mass is 79.9. The molecule has 0 fully saturated rings. The number of hydrogen-bond donors (Lipinski definition) is 2. The Morgan fingerprint density at radius 3 is 2.50 bits per heavy atom. The van der Waals surface area contributed by atoms with Crippen molar-refractivity contribution < 1.29 is 14.7 Å². The number of nitrogens with zero attached hydrogens (tertiary/aromatic N) is 1. The molecule has 1 aromatic carbocycles. The molecule has 1 aromatic heterocycles. The van der Waals surface area contributed by atoms with Gasteiger partial charge < -0.3 is 10.4 Å². The van der Waals surface area contributed by atoms with Crippen LogP contribution in [-0.4, -0.2) is 22.0 Å². The molecule has 1 amide bonds. The second-order valence-electron chi connectivity index (χ2n) is 4.09. The fraction of sp³-hybridized carbons (Fsp3) is 0.0714. The summed E-state index contributed by atoms with van der Waals surface area (Å²) in [6, 6.07) is 9.92. The average molecular weight is 335 g/mol. The largest absolute Gasteiger partial charge is 0.481 e. The minimum Gasteiger partial charge on any atom is -0.481 e. The number of hydrogen-bond acceptors (Lipinski definition) is 3. The van der Waals surface area contributed by atoms with E-state index in [4.69, 9.17) is 5.11 Å². The quantitative estimate of drug-likeness (QED) is 0.842. The smallest absolute Gasteiger partial charge is 0.307 e. The molecule has 0 bridgehead atoms. The molecule has 0 aliphatic carbocycles. The lowest BCUT2D eigenvalue weighted by Crippen LogP contribution is -2.12. The molecule has 5 nitrogen and oxygen atoms in total. The van der Waals surface area contributed by atoms with E-state index in [2.05, 4.69) is 26.2 Å². The van der Waals surface area contributed by atoms with Gasteiger partial charge in [0.2, 0.25) is 0 Å². The van der Waals surface area contributed by atoms with Crippen molar-refractivity contribution in [3.8, 4) is 0 Å². The van der Waals surface area contributed by atoms with Gasteiger partial charge in [0.05, 0.1) is 6.42 Å². The summed E-state index contributed by atoms with van der Waals surface area (Å²) < 4.78 is 0.585. The number of rotatable bonds is 4. The summed E-state index contributed by atoms with van der Waals surface area (Å²) in [4.78, 5) is 26.5. The van der Waals surface area contributed by atoms with Crippen LogP contribution in [0.25, 0.3) is 0 Å². The van der Waals surface area contributed by atoms with Gasteiger partial charge in [-0.2, -0.15) is 0 Å². The average Bonchev–Trinajstić information content (AvgIpc) is 2.40. The maximum atomic E-state index is 12.0. The minimum absolute atomic E-state index is 0.0362. The van der Waals surface area contributed by atoms with Crippen LogP contribution in [0.3, 0.4) is 0 Å². The van der Waals surface area contributed by atoms with Crippen LogP contribution in [0, 0.1) is 0 Å². The van der Waals surface area contributed by atoms with Crippen LogP contribution in [-0.2, 0) is 11.2 Å². The molecule has 20 heavy (non-hydrogen) atoms. The Morgan fingerprint density at radius 1 is 1.20 bits per heavy atom. The van der Waals surface area contributed by atoms with Gasteiger partial charge >= 0.3 is 5.97 Å². The molecule has 6 heteroatoms. The molecule has 2 rings (SSSR count). The zero-order valence-electron chi connectivity index (χ0n) is 10.3. The van der Waals surface area contributed by atoms with Crippen LogP contribution in [0.15, 0.2) is 47.2 Å². The molecule has 0 aliphatic rings. The molecule has 0 saturated carbocycles. The summed E-state index contributed by atoms with van der Waals surface area (Å²) in [6.07, 6.45) is 1.50. The summed E-state index contributed by atoms with van der Waals surface area (Å²) >= 11 is 3.20. The molecule has 2 aromatic rings. The Balaban J connectivity index is 2.06. The molecule has 1 heterocycles. The van der Waals surface area contributed by atoms with Crippen molar-refractivity contribution in [3.63, 3.8) is 0 Å². The second-order valence-corrected chi connectivity index (χ2v) is 4.90. The molecule has 0 radical (unpaired) electrons. The molecule has 2 N–H and O–H groups in total.